The molecule has 0 aliphatic rings. The number of esters is 1. The number of rotatable bonds is 3. The van der Waals surface area contributed by atoms with Crippen LogP contribution in [0, 0.1) is 13.8 Å². The van der Waals surface area contributed by atoms with Gasteiger partial charge in [0.15, 0.2) is 5.82 Å². The van der Waals surface area contributed by atoms with E-state index in [-0.39, 0.29) is 5.82 Å². The number of nitrogens with zero attached hydrogens (tertiary/aromatic N) is 2. The molecule has 0 unspecified atom stereocenters. The predicted octanol–water partition coefficient (Wildman–Crippen LogP) is 1.86. The lowest BCUT2D eigenvalue weighted by atomic mass is 10.2. The number of aromatic amines is 1. The van der Waals surface area contributed by atoms with Crippen LogP contribution in [0.2, 0.25) is 0 Å². The summed E-state index contributed by atoms with van der Waals surface area (Å²) in [4.78, 5) is 15.5. The molecule has 0 fully saturated rings. The predicted molar refractivity (Wildman–Crippen MR) is 59.5 cm³/mol. The fourth-order valence-corrected chi connectivity index (χ4v) is 1.53. The molecule has 0 amide bonds. The molecule has 6 nitrogen and oxygen atoms in total. The molecule has 1 N–H and O–H groups in total. The third-order valence-electron chi connectivity index (χ3n) is 2.24. The lowest BCUT2D eigenvalue weighted by Crippen LogP contribution is -2.06. The van der Waals surface area contributed by atoms with Gasteiger partial charge in [-0.1, -0.05) is 0 Å². The average molecular weight is 235 g/mol. The number of hydrogen-bond donors (Lipinski definition) is 1. The highest BCUT2D eigenvalue weighted by Gasteiger charge is 2.16. The minimum atomic E-state index is -0.510. The zero-order valence-electron chi connectivity index (χ0n) is 9.90. The quantitative estimate of drug-likeness (QED) is 0.821. The van der Waals surface area contributed by atoms with Gasteiger partial charge in [-0.15, -0.1) is 0 Å². The Morgan fingerprint density at radius 3 is 2.88 bits per heavy atom. The molecule has 0 radical (unpaired) electrons. The van der Waals surface area contributed by atoms with Crippen LogP contribution in [-0.2, 0) is 4.74 Å². The zero-order chi connectivity index (χ0) is 12.4. The summed E-state index contributed by atoms with van der Waals surface area (Å²) < 4.78 is 10.2. The Bertz CT molecular complexity index is 542. The molecule has 0 aliphatic carbocycles. The Morgan fingerprint density at radius 2 is 2.29 bits per heavy atom. The first-order valence-corrected chi connectivity index (χ1v) is 5.28. The summed E-state index contributed by atoms with van der Waals surface area (Å²) in [5.41, 5.74) is 0.772. The van der Waals surface area contributed by atoms with Crippen molar-refractivity contribution < 1.29 is 13.9 Å². The van der Waals surface area contributed by atoms with E-state index in [2.05, 4.69) is 15.2 Å². The highest BCUT2D eigenvalue weighted by Crippen LogP contribution is 2.23. The molecule has 17 heavy (non-hydrogen) atoms. The number of carbonyl (C=O) groups is 1. The van der Waals surface area contributed by atoms with Gasteiger partial charge in [0, 0.05) is 0 Å². The first kappa shape index (κ1) is 11.4. The summed E-state index contributed by atoms with van der Waals surface area (Å²) >= 11 is 0. The molecule has 0 bridgehead atoms. The van der Waals surface area contributed by atoms with Crippen LogP contribution >= 0.6 is 0 Å². The summed E-state index contributed by atoms with van der Waals surface area (Å²) in [5, 5.41) is 6.51. The van der Waals surface area contributed by atoms with Gasteiger partial charge < -0.3 is 9.15 Å². The molecule has 0 spiro atoms. The van der Waals surface area contributed by atoms with Gasteiger partial charge >= 0.3 is 5.97 Å². The fourth-order valence-electron chi connectivity index (χ4n) is 1.53. The average Bonchev–Trinajstić information content (AvgIpc) is 2.85. The third kappa shape index (κ3) is 2.20. The Kier molecular flexibility index (Phi) is 2.95. The molecule has 0 aromatic carbocycles. The van der Waals surface area contributed by atoms with Gasteiger partial charge in [-0.3, -0.25) is 5.10 Å². The van der Waals surface area contributed by atoms with E-state index >= 15 is 0 Å². The number of carbonyl (C=O) groups excluding carboxylic acids is 1. The number of aryl methyl sites for hydroxylation is 2. The second-order valence-corrected chi connectivity index (χ2v) is 3.56. The zero-order valence-corrected chi connectivity index (χ0v) is 9.90. The Morgan fingerprint density at radius 1 is 1.53 bits per heavy atom. The van der Waals surface area contributed by atoms with E-state index < -0.39 is 5.97 Å². The van der Waals surface area contributed by atoms with Gasteiger partial charge in [-0.05, 0) is 26.8 Å². The minimum Gasteiger partial charge on any atom is -0.466 e. The van der Waals surface area contributed by atoms with Crippen LogP contribution in [0.4, 0.5) is 0 Å². The first-order valence-electron chi connectivity index (χ1n) is 5.28. The number of H-pyrrole nitrogens is 1. The van der Waals surface area contributed by atoms with E-state index in [0.717, 1.165) is 17.1 Å². The maximum atomic E-state index is 11.4. The van der Waals surface area contributed by atoms with Crippen molar-refractivity contribution in [2.24, 2.45) is 0 Å². The molecular formula is C11H13N3O3. The van der Waals surface area contributed by atoms with E-state index in [9.17, 15) is 4.79 Å². The smallest absolute Gasteiger partial charge is 0.375 e. The van der Waals surface area contributed by atoms with Crippen molar-refractivity contribution in [3.63, 3.8) is 0 Å². The van der Waals surface area contributed by atoms with Crippen LogP contribution < -0.4 is 0 Å². The summed E-state index contributed by atoms with van der Waals surface area (Å²) in [7, 11) is 0. The molecule has 2 aromatic rings. The molecule has 0 atom stereocenters. The van der Waals surface area contributed by atoms with Gasteiger partial charge in [0.25, 0.3) is 0 Å². The van der Waals surface area contributed by atoms with Crippen LogP contribution in [0.5, 0.6) is 0 Å². The SMILES string of the molecule is CCOC(=O)c1nc(-c2cc(C)oc2C)n[nH]1. The Hall–Kier alpha value is -2.11. The third-order valence-corrected chi connectivity index (χ3v) is 2.24. The number of furan rings is 1. The maximum Gasteiger partial charge on any atom is 0.375 e. The first-order chi connectivity index (χ1) is 8.11. The van der Waals surface area contributed by atoms with Crippen molar-refractivity contribution in [2.45, 2.75) is 20.8 Å². The van der Waals surface area contributed by atoms with Crippen molar-refractivity contribution in [3.8, 4) is 11.4 Å². The Labute approximate surface area is 98.0 Å². The van der Waals surface area contributed by atoms with Crippen LogP contribution in [0.3, 0.4) is 0 Å². The van der Waals surface area contributed by atoms with Crippen molar-refractivity contribution in [3.05, 3.63) is 23.4 Å². The molecule has 6 heteroatoms. The maximum absolute atomic E-state index is 11.4. The summed E-state index contributed by atoms with van der Waals surface area (Å²) in [5.74, 6) is 1.52. The lowest BCUT2D eigenvalue weighted by molar-refractivity contribution is 0.0512. The summed E-state index contributed by atoms with van der Waals surface area (Å²) in [6, 6.07) is 1.83. The highest BCUT2D eigenvalue weighted by molar-refractivity contribution is 5.85. The summed E-state index contributed by atoms with van der Waals surface area (Å²) in [6.45, 7) is 5.70. The number of nitrogens with one attached hydrogen (secondary N) is 1. The highest BCUT2D eigenvalue weighted by atomic mass is 16.5. The largest absolute Gasteiger partial charge is 0.466 e. The van der Waals surface area contributed by atoms with Crippen LogP contribution in [0.25, 0.3) is 11.4 Å². The number of ether oxygens (including phenoxy) is 1. The van der Waals surface area contributed by atoms with Crippen molar-refractivity contribution in [2.75, 3.05) is 6.61 Å². The minimum absolute atomic E-state index is 0.0973. The molecule has 0 saturated heterocycles. The van der Waals surface area contributed by atoms with Gasteiger partial charge in [0.1, 0.15) is 11.5 Å². The van der Waals surface area contributed by atoms with Crippen molar-refractivity contribution in [1.82, 2.24) is 15.2 Å². The van der Waals surface area contributed by atoms with E-state index in [1.165, 1.54) is 0 Å². The van der Waals surface area contributed by atoms with Crippen LogP contribution in [-0.4, -0.2) is 27.8 Å². The number of aromatic nitrogens is 3. The lowest BCUT2D eigenvalue weighted by Gasteiger charge is -1.95. The van der Waals surface area contributed by atoms with Gasteiger partial charge in [0.2, 0.25) is 5.82 Å². The topological polar surface area (TPSA) is 81.0 Å². The molecule has 2 aromatic heterocycles. The van der Waals surface area contributed by atoms with Crippen LogP contribution in [0.15, 0.2) is 10.5 Å². The van der Waals surface area contributed by atoms with Crippen LogP contribution in [0.1, 0.15) is 29.1 Å². The molecule has 2 heterocycles. The second kappa shape index (κ2) is 4.40. The fraction of sp³-hybridized carbons (Fsp3) is 0.364. The van der Waals surface area contributed by atoms with Gasteiger partial charge in [-0.25, -0.2) is 9.78 Å². The van der Waals surface area contributed by atoms with E-state index in [1.54, 1.807) is 6.92 Å². The van der Waals surface area contributed by atoms with E-state index in [1.807, 2.05) is 19.9 Å². The molecule has 2 rings (SSSR count). The normalized spacial score (nSPS) is 10.5. The monoisotopic (exact) mass is 235 g/mol. The van der Waals surface area contributed by atoms with Crippen molar-refractivity contribution >= 4 is 5.97 Å². The van der Waals surface area contributed by atoms with Crippen molar-refractivity contribution in [1.29, 1.82) is 0 Å². The second-order valence-electron chi connectivity index (χ2n) is 3.56. The number of hydrogen-bond acceptors (Lipinski definition) is 5. The molecule has 0 aliphatic heterocycles. The molecule has 0 saturated carbocycles. The standard InChI is InChI=1S/C11H13N3O3/c1-4-16-11(15)10-12-9(13-14-10)8-5-6(2)17-7(8)3/h5H,4H2,1-3H3,(H,12,13,14). The molecule has 90 valence electrons. The van der Waals surface area contributed by atoms with E-state index in [0.29, 0.717) is 12.4 Å². The Balaban J connectivity index is 2.30. The van der Waals surface area contributed by atoms with Gasteiger partial charge in [0.05, 0.1) is 12.2 Å². The van der Waals surface area contributed by atoms with Gasteiger partial charge in [-0.2, -0.15) is 5.10 Å². The summed E-state index contributed by atoms with van der Waals surface area (Å²) in [6.07, 6.45) is 0. The molecular weight excluding hydrogens is 222 g/mol. The van der Waals surface area contributed by atoms with E-state index in [4.69, 9.17) is 9.15 Å².